The van der Waals surface area contributed by atoms with Crippen molar-refractivity contribution < 1.29 is 19.1 Å². The molecule has 0 saturated heterocycles. The molecule has 3 aliphatic rings. The minimum Gasteiger partial charge on any atom is -0.490 e. The highest BCUT2D eigenvalue weighted by Crippen LogP contribution is 2.50. The predicted octanol–water partition coefficient (Wildman–Crippen LogP) is 7.94. The summed E-state index contributed by atoms with van der Waals surface area (Å²) in [6.07, 6.45) is 5.31. The van der Waals surface area contributed by atoms with Crippen LogP contribution >= 0.6 is 0 Å². The third-order valence-corrected chi connectivity index (χ3v) is 8.83. The Kier molecular flexibility index (Phi) is 8.51. The van der Waals surface area contributed by atoms with Crippen LogP contribution in [0.5, 0.6) is 11.5 Å². The number of carbonyl (C=O) groups is 2. The normalized spacial score (nSPS) is 17.2. The summed E-state index contributed by atoms with van der Waals surface area (Å²) < 4.78 is 12.4. The lowest BCUT2D eigenvalue weighted by atomic mass is 9.71. The first kappa shape index (κ1) is 29.0. The summed E-state index contributed by atoms with van der Waals surface area (Å²) in [6, 6.07) is 22.9. The maximum Gasteiger partial charge on any atom is 0.161 e. The summed E-state index contributed by atoms with van der Waals surface area (Å²) in [5.41, 5.74) is 9.54. The molecule has 43 heavy (non-hydrogen) atoms. The van der Waals surface area contributed by atoms with Gasteiger partial charge in [0.25, 0.3) is 0 Å². The van der Waals surface area contributed by atoms with Gasteiger partial charge in [0.2, 0.25) is 0 Å². The molecule has 1 aliphatic heterocycles. The maximum absolute atomic E-state index is 13.7. The van der Waals surface area contributed by atoms with Crippen LogP contribution in [0.2, 0.25) is 0 Å². The van der Waals surface area contributed by atoms with Crippen LogP contribution in [-0.2, 0) is 22.6 Å². The van der Waals surface area contributed by atoms with Crippen LogP contribution in [0, 0.1) is 13.8 Å². The Hall–Kier alpha value is -4.12. The molecule has 0 bridgehead atoms. The lowest BCUT2D eigenvalue weighted by molar-refractivity contribution is -0.117. The second-order valence-corrected chi connectivity index (χ2v) is 12.0. The van der Waals surface area contributed by atoms with E-state index in [4.69, 9.17) is 9.47 Å². The molecule has 1 heterocycles. The molecule has 3 aromatic rings. The summed E-state index contributed by atoms with van der Waals surface area (Å²) in [5, 5.41) is 0. The van der Waals surface area contributed by atoms with Crippen LogP contribution < -0.4 is 9.47 Å². The molecule has 6 rings (SSSR count). The molecule has 0 atom stereocenters. The van der Waals surface area contributed by atoms with Gasteiger partial charge in [0.15, 0.2) is 23.1 Å². The van der Waals surface area contributed by atoms with Gasteiger partial charge in [-0.2, -0.15) is 0 Å². The van der Waals surface area contributed by atoms with E-state index >= 15 is 0 Å². The molecular weight excluding hydrogens is 534 g/mol. The van der Waals surface area contributed by atoms with Crippen molar-refractivity contribution in [3.05, 3.63) is 117 Å². The second-order valence-electron chi connectivity index (χ2n) is 12.0. The van der Waals surface area contributed by atoms with Crippen LogP contribution in [0.1, 0.15) is 79.2 Å². The van der Waals surface area contributed by atoms with Crippen molar-refractivity contribution in [2.24, 2.45) is 0 Å². The maximum atomic E-state index is 13.7. The van der Waals surface area contributed by atoms with E-state index in [0.29, 0.717) is 37.6 Å². The van der Waals surface area contributed by atoms with Crippen molar-refractivity contribution in [1.29, 1.82) is 0 Å². The number of nitrogens with zero attached hydrogens (tertiary/aromatic N) is 1. The van der Waals surface area contributed by atoms with Gasteiger partial charge >= 0.3 is 0 Å². The highest BCUT2D eigenvalue weighted by atomic mass is 16.5. The number of rotatable bonds is 9. The first-order chi connectivity index (χ1) is 20.9. The number of ketones is 2. The lowest BCUT2D eigenvalue weighted by Crippen LogP contribution is -2.39. The number of allylic oxidation sites excluding steroid dienone is 4. The van der Waals surface area contributed by atoms with E-state index < -0.39 is 0 Å². The molecule has 2 aliphatic carbocycles. The van der Waals surface area contributed by atoms with Crippen molar-refractivity contribution in [3.63, 3.8) is 0 Å². The zero-order valence-corrected chi connectivity index (χ0v) is 25.6. The average molecular weight is 576 g/mol. The molecule has 0 amide bonds. The summed E-state index contributed by atoms with van der Waals surface area (Å²) in [5.74, 6) is 1.26. The van der Waals surface area contributed by atoms with Crippen molar-refractivity contribution >= 4 is 11.6 Å². The summed E-state index contributed by atoms with van der Waals surface area (Å²) >= 11 is 0. The van der Waals surface area contributed by atoms with Gasteiger partial charge in [-0.3, -0.25) is 9.59 Å². The summed E-state index contributed by atoms with van der Waals surface area (Å²) in [6.45, 7) is 7.83. The number of carbonyl (C=O) groups excluding carboxylic acids is 2. The fourth-order valence-corrected chi connectivity index (χ4v) is 7.11. The average Bonchev–Trinajstić information content (AvgIpc) is 2.99. The first-order valence-electron chi connectivity index (χ1n) is 15.7. The Morgan fingerprint density at radius 1 is 0.721 bits per heavy atom. The van der Waals surface area contributed by atoms with Crippen molar-refractivity contribution in [3.8, 4) is 11.5 Å². The van der Waals surface area contributed by atoms with E-state index in [9.17, 15) is 9.59 Å². The molecule has 3 aromatic carbocycles. The molecule has 0 spiro atoms. The standard InChI is InChI=1S/C38H41NO4/c1-4-42-35-23-29(16-17-34(35)43-24-28-21-25(2)20-26(3)22-28)36-37-30(12-8-14-32(37)40)39(19-18-27-10-6-5-7-11-27)31-13-9-15-33(41)38(31)36/h5-7,10-11,16-17,20-23,36H,4,8-9,12-15,18-19,24H2,1-3H3. The van der Waals surface area contributed by atoms with Gasteiger partial charge < -0.3 is 14.4 Å². The van der Waals surface area contributed by atoms with Crippen molar-refractivity contribution in [2.75, 3.05) is 13.2 Å². The zero-order valence-electron chi connectivity index (χ0n) is 25.6. The van der Waals surface area contributed by atoms with E-state index in [1.807, 2.05) is 31.2 Å². The fraction of sp³-hybridized carbons (Fsp3) is 0.368. The van der Waals surface area contributed by atoms with Crippen LogP contribution in [0.3, 0.4) is 0 Å². The number of ether oxygens (including phenoxy) is 2. The molecule has 5 nitrogen and oxygen atoms in total. The third kappa shape index (κ3) is 6.04. The number of benzene rings is 3. The van der Waals surface area contributed by atoms with E-state index in [1.54, 1.807) is 0 Å². The molecule has 222 valence electrons. The van der Waals surface area contributed by atoms with Crippen LogP contribution in [0.25, 0.3) is 0 Å². The van der Waals surface area contributed by atoms with Crippen LogP contribution in [-0.4, -0.2) is 29.6 Å². The lowest BCUT2D eigenvalue weighted by Gasteiger charge is -2.44. The van der Waals surface area contributed by atoms with Gasteiger partial charge in [-0.1, -0.05) is 65.7 Å². The van der Waals surface area contributed by atoms with Gasteiger partial charge in [-0.15, -0.1) is 0 Å². The van der Waals surface area contributed by atoms with Crippen molar-refractivity contribution in [1.82, 2.24) is 4.90 Å². The molecule has 0 unspecified atom stereocenters. The minimum atomic E-state index is -0.369. The topological polar surface area (TPSA) is 55.8 Å². The van der Waals surface area contributed by atoms with Gasteiger partial charge in [0, 0.05) is 47.8 Å². The largest absolute Gasteiger partial charge is 0.490 e. The Morgan fingerprint density at radius 2 is 1.37 bits per heavy atom. The Balaban J connectivity index is 1.38. The van der Waals surface area contributed by atoms with Crippen LogP contribution in [0.15, 0.2) is 89.3 Å². The van der Waals surface area contributed by atoms with E-state index in [2.05, 4.69) is 61.2 Å². The molecule has 0 saturated carbocycles. The molecule has 0 aromatic heterocycles. The van der Waals surface area contributed by atoms with Crippen molar-refractivity contribution in [2.45, 2.75) is 78.2 Å². The van der Waals surface area contributed by atoms with Gasteiger partial charge in [-0.05, 0) is 81.7 Å². The SMILES string of the molecule is CCOc1cc(C2C3=C(CCCC3=O)N(CCc3ccccc3)C3=C2C(=O)CCC3)ccc1OCc1cc(C)cc(C)c1. The minimum absolute atomic E-state index is 0.161. The molecule has 0 radical (unpaired) electrons. The fourth-order valence-electron chi connectivity index (χ4n) is 7.11. The Labute approximate surface area is 255 Å². The molecule has 0 fully saturated rings. The van der Waals surface area contributed by atoms with E-state index in [1.165, 1.54) is 16.7 Å². The van der Waals surface area contributed by atoms with E-state index in [0.717, 1.165) is 72.3 Å². The quantitative estimate of drug-likeness (QED) is 0.259. The summed E-state index contributed by atoms with van der Waals surface area (Å²) in [4.78, 5) is 29.8. The predicted molar refractivity (Wildman–Crippen MR) is 169 cm³/mol. The van der Waals surface area contributed by atoms with E-state index in [-0.39, 0.29) is 17.5 Å². The Morgan fingerprint density at radius 3 is 2.00 bits per heavy atom. The number of hydrogen-bond donors (Lipinski definition) is 0. The summed E-state index contributed by atoms with van der Waals surface area (Å²) in [7, 11) is 0. The first-order valence-corrected chi connectivity index (χ1v) is 15.7. The van der Waals surface area contributed by atoms with Gasteiger partial charge in [-0.25, -0.2) is 0 Å². The highest BCUT2D eigenvalue weighted by molar-refractivity contribution is 6.06. The van der Waals surface area contributed by atoms with Crippen LogP contribution in [0.4, 0.5) is 0 Å². The zero-order chi connectivity index (χ0) is 29.9. The highest BCUT2D eigenvalue weighted by Gasteiger charge is 2.43. The monoisotopic (exact) mass is 575 g/mol. The van der Waals surface area contributed by atoms with Gasteiger partial charge in [0.05, 0.1) is 6.61 Å². The smallest absolute Gasteiger partial charge is 0.161 e. The molecule has 5 heteroatoms. The Bertz CT molecular complexity index is 1540. The molecule has 0 N–H and O–H groups in total. The molecular formula is C38H41NO4. The number of Topliss-reactive ketones (excluding diaryl/α,β-unsaturated/α-hetero) is 2. The number of aryl methyl sites for hydroxylation is 2. The third-order valence-electron chi connectivity index (χ3n) is 8.83. The van der Waals surface area contributed by atoms with Gasteiger partial charge in [0.1, 0.15) is 6.61 Å². The second kappa shape index (κ2) is 12.6. The number of hydrogen-bond acceptors (Lipinski definition) is 5.